The molecule has 0 aliphatic heterocycles. The molecule has 0 aliphatic rings. The van der Waals surface area contributed by atoms with E-state index in [1.807, 2.05) is 13.0 Å². The number of aryl methyl sites for hydroxylation is 1. The number of hydrogen-bond donors (Lipinski definition) is 0. The van der Waals surface area contributed by atoms with E-state index in [2.05, 4.69) is 20.9 Å². The zero-order valence-corrected chi connectivity index (χ0v) is 10.9. The first kappa shape index (κ1) is 12.0. The summed E-state index contributed by atoms with van der Waals surface area (Å²) >= 11 is 3.09. The lowest BCUT2D eigenvalue weighted by Crippen LogP contribution is -1.97. The third-order valence-corrected chi connectivity index (χ3v) is 2.87. The van der Waals surface area contributed by atoms with Crippen LogP contribution in [-0.2, 0) is 6.61 Å². The second kappa shape index (κ2) is 5.27. The fraction of sp³-hybridized carbons (Fsp3) is 0.154. The molecule has 4 heteroatoms. The highest BCUT2D eigenvalue weighted by atomic mass is 79.9. The fourth-order valence-corrected chi connectivity index (χ4v) is 1.68. The molecule has 0 N–H and O–H groups in total. The molecule has 2 nitrogen and oxygen atoms in total. The number of benzene rings is 1. The van der Waals surface area contributed by atoms with Crippen LogP contribution in [0.15, 0.2) is 41.1 Å². The zero-order valence-electron chi connectivity index (χ0n) is 9.28. The molecule has 0 bridgehead atoms. The van der Waals surface area contributed by atoms with Crippen molar-refractivity contribution in [2.24, 2.45) is 0 Å². The van der Waals surface area contributed by atoms with E-state index in [0.29, 0.717) is 16.8 Å². The van der Waals surface area contributed by atoms with E-state index in [1.54, 1.807) is 24.5 Å². The Kier molecular flexibility index (Phi) is 3.74. The Bertz CT molecular complexity index is 531. The molecule has 88 valence electrons. The highest BCUT2D eigenvalue weighted by Gasteiger charge is 2.02. The minimum Gasteiger partial charge on any atom is -0.489 e. The maximum Gasteiger partial charge on any atom is 0.141 e. The molecular weight excluding hydrogens is 285 g/mol. The molecule has 0 spiro atoms. The highest BCUT2D eigenvalue weighted by Crippen LogP contribution is 2.21. The molecule has 0 atom stereocenters. The Hall–Kier alpha value is -1.42. The number of ether oxygens (including phenoxy) is 1. The molecule has 0 saturated carbocycles. The Morgan fingerprint density at radius 2 is 2.12 bits per heavy atom. The van der Waals surface area contributed by atoms with Crippen molar-refractivity contribution in [3.63, 3.8) is 0 Å². The van der Waals surface area contributed by atoms with Crippen molar-refractivity contribution in [3.8, 4) is 5.75 Å². The summed E-state index contributed by atoms with van der Waals surface area (Å²) in [6.45, 7) is 2.35. The molecule has 0 aliphatic carbocycles. The Morgan fingerprint density at radius 3 is 2.82 bits per heavy atom. The predicted molar refractivity (Wildman–Crippen MR) is 67.4 cm³/mol. The van der Waals surface area contributed by atoms with Crippen LogP contribution in [0.5, 0.6) is 5.75 Å². The largest absolute Gasteiger partial charge is 0.489 e. The van der Waals surface area contributed by atoms with Crippen molar-refractivity contribution < 1.29 is 9.13 Å². The van der Waals surface area contributed by atoms with E-state index in [1.165, 1.54) is 6.07 Å². The monoisotopic (exact) mass is 295 g/mol. The van der Waals surface area contributed by atoms with Gasteiger partial charge in [-0.05, 0) is 46.6 Å². The lowest BCUT2D eigenvalue weighted by molar-refractivity contribution is 0.304. The molecule has 0 unspecified atom stereocenters. The molecule has 2 aromatic rings. The summed E-state index contributed by atoms with van der Waals surface area (Å²) in [6, 6.07) is 6.69. The van der Waals surface area contributed by atoms with Gasteiger partial charge in [0.05, 0.1) is 4.47 Å². The maximum absolute atomic E-state index is 13.2. The molecule has 0 fully saturated rings. The van der Waals surface area contributed by atoms with Gasteiger partial charge in [0, 0.05) is 24.0 Å². The highest BCUT2D eigenvalue weighted by molar-refractivity contribution is 9.10. The first-order chi connectivity index (χ1) is 8.15. The second-order valence-electron chi connectivity index (χ2n) is 3.74. The minimum atomic E-state index is -0.329. The van der Waals surface area contributed by atoms with Crippen LogP contribution < -0.4 is 4.74 Å². The zero-order chi connectivity index (χ0) is 12.3. The van der Waals surface area contributed by atoms with E-state index in [0.717, 1.165) is 11.1 Å². The van der Waals surface area contributed by atoms with Crippen molar-refractivity contribution in [3.05, 3.63) is 58.1 Å². The number of pyridine rings is 1. The maximum atomic E-state index is 13.2. The number of nitrogens with zero attached hydrogens (tertiary/aromatic N) is 1. The second-order valence-corrected chi connectivity index (χ2v) is 4.59. The van der Waals surface area contributed by atoms with Gasteiger partial charge < -0.3 is 4.74 Å². The van der Waals surface area contributed by atoms with Gasteiger partial charge in [0.1, 0.15) is 18.2 Å². The van der Waals surface area contributed by atoms with Crippen LogP contribution in [0, 0.1) is 12.7 Å². The average Bonchev–Trinajstić information content (AvgIpc) is 2.31. The van der Waals surface area contributed by atoms with Crippen molar-refractivity contribution >= 4 is 15.9 Å². The molecule has 1 aromatic carbocycles. The molecule has 0 saturated heterocycles. The molecule has 0 amide bonds. The van der Waals surface area contributed by atoms with Gasteiger partial charge in [0.15, 0.2) is 0 Å². The van der Waals surface area contributed by atoms with Crippen LogP contribution in [-0.4, -0.2) is 4.98 Å². The summed E-state index contributed by atoms with van der Waals surface area (Å²) in [7, 11) is 0. The van der Waals surface area contributed by atoms with Crippen molar-refractivity contribution in [2.45, 2.75) is 13.5 Å². The van der Waals surface area contributed by atoms with Crippen molar-refractivity contribution in [2.75, 3.05) is 0 Å². The minimum absolute atomic E-state index is 0.329. The van der Waals surface area contributed by atoms with Gasteiger partial charge in [-0.25, -0.2) is 4.39 Å². The third-order valence-electron chi connectivity index (χ3n) is 2.23. The van der Waals surface area contributed by atoms with Gasteiger partial charge >= 0.3 is 0 Å². The van der Waals surface area contributed by atoms with E-state index in [-0.39, 0.29) is 5.82 Å². The molecule has 0 radical (unpaired) electrons. The predicted octanol–water partition coefficient (Wildman–Crippen LogP) is 3.87. The van der Waals surface area contributed by atoms with Gasteiger partial charge in [-0.1, -0.05) is 0 Å². The smallest absolute Gasteiger partial charge is 0.141 e. The topological polar surface area (TPSA) is 22.1 Å². The number of hydrogen-bond acceptors (Lipinski definition) is 2. The lowest BCUT2D eigenvalue weighted by atomic mass is 10.2. The Balaban J connectivity index is 2.05. The molecule has 1 aromatic heterocycles. The van der Waals surface area contributed by atoms with E-state index in [9.17, 15) is 4.39 Å². The van der Waals surface area contributed by atoms with Gasteiger partial charge in [-0.2, -0.15) is 0 Å². The van der Waals surface area contributed by atoms with Gasteiger partial charge in [0.25, 0.3) is 0 Å². The van der Waals surface area contributed by atoms with Crippen molar-refractivity contribution in [1.29, 1.82) is 0 Å². The van der Waals surface area contributed by atoms with Crippen LogP contribution in [0.4, 0.5) is 4.39 Å². The summed E-state index contributed by atoms with van der Waals surface area (Å²) in [6.07, 6.45) is 3.52. The number of halogens is 2. The van der Waals surface area contributed by atoms with Crippen LogP contribution >= 0.6 is 15.9 Å². The van der Waals surface area contributed by atoms with E-state index < -0.39 is 0 Å². The number of aromatic nitrogens is 1. The molecule has 1 heterocycles. The first-order valence-electron chi connectivity index (χ1n) is 5.13. The van der Waals surface area contributed by atoms with Gasteiger partial charge in [0.2, 0.25) is 0 Å². The van der Waals surface area contributed by atoms with Gasteiger partial charge in [-0.3, -0.25) is 4.98 Å². The molecule has 2 rings (SSSR count). The van der Waals surface area contributed by atoms with Crippen LogP contribution in [0.1, 0.15) is 11.1 Å². The molecular formula is C13H11BrFNO. The standard InChI is InChI=1S/C13H11BrFNO/c1-9-4-10(7-16-6-9)8-17-11-2-3-12(14)13(15)5-11/h2-7H,8H2,1H3. The SMILES string of the molecule is Cc1cncc(COc2ccc(Br)c(F)c2)c1. The first-order valence-corrected chi connectivity index (χ1v) is 5.93. The normalized spacial score (nSPS) is 10.3. The van der Waals surface area contributed by atoms with Crippen molar-refractivity contribution in [1.82, 2.24) is 4.98 Å². The summed E-state index contributed by atoms with van der Waals surface area (Å²) in [5.41, 5.74) is 2.04. The lowest BCUT2D eigenvalue weighted by Gasteiger charge is -2.07. The summed E-state index contributed by atoms with van der Waals surface area (Å²) < 4.78 is 19.1. The van der Waals surface area contributed by atoms with E-state index in [4.69, 9.17) is 4.74 Å². The summed E-state index contributed by atoms with van der Waals surface area (Å²) in [5.74, 6) is 0.178. The summed E-state index contributed by atoms with van der Waals surface area (Å²) in [4.78, 5) is 4.07. The van der Waals surface area contributed by atoms with Crippen LogP contribution in [0.3, 0.4) is 0 Å². The quantitative estimate of drug-likeness (QED) is 0.857. The Labute approximate surface area is 108 Å². The van der Waals surface area contributed by atoms with E-state index >= 15 is 0 Å². The summed E-state index contributed by atoms with van der Waals surface area (Å²) in [5, 5.41) is 0. The van der Waals surface area contributed by atoms with Gasteiger partial charge in [-0.15, -0.1) is 0 Å². The molecule has 17 heavy (non-hydrogen) atoms. The third kappa shape index (κ3) is 3.27. The number of rotatable bonds is 3. The fourth-order valence-electron chi connectivity index (χ4n) is 1.43. The van der Waals surface area contributed by atoms with Crippen LogP contribution in [0.25, 0.3) is 0 Å². The average molecular weight is 296 g/mol. The van der Waals surface area contributed by atoms with Crippen LogP contribution in [0.2, 0.25) is 0 Å². The Morgan fingerprint density at radius 1 is 1.29 bits per heavy atom.